The standard InChI is InChI=1S/C32H25ClO5/c33-30-19-22(2-12-32(34)35)1-11-31(30)38-18-15-29(25-7-3-23(4-8-25)27-13-16-36-20-27)26-9-5-24(6-10-26)28-14-17-37-21-28/h1,3-11,13-17,19-21H,2,12,18H2,(H,34,35). The zero-order valence-corrected chi connectivity index (χ0v) is 21.2. The van der Waals surface area contributed by atoms with Crippen LogP contribution in [-0.4, -0.2) is 17.7 Å². The number of carboxylic acids is 1. The summed E-state index contributed by atoms with van der Waals surface area (Å²) in [5, 5.41) is 9.36. The summed E-state index contributed by atoms with van der Waals surface area (Å²) in [4.78, 5) is 10.8. The van der Waals surface area contributed by atoms with Gasteiger partial charge in [-0.3, -0.25) is 4.79 Å². The van der Waals surface area contributed by atoms with Gasteiger partial charge < -0.3 is 18.7 Å². The Labute approximate surface area is 225 Å². The SMILES string of the molecule is O=C(O)CCc1ccc(OCC=C(c2ccc(-c3ccoc3)cc2)c2ccc(-c3ccoc3)cc2)c(Cl)c1. The first-order valence-electron chi connectivity index (χ1n) is 12.2. The topological polar surface area (TPSA) is 72.8 Å². The molecule has 3 aromatic carbocycles. The van der Waals surface area contributed by atoms with Gasteiger partial charge in [0, 0.05) is 17.5 Å². The van der Waals surface area contributed by atoms with E-state index in [1.165, 1.54) is 0 Å². The van der Waals surface area contributed by atoms with Crippen LogP contribution in [0, 0.1) is 0 Å². The number of hydrogen-bond acceptors (Lipinski definition) is 4. The Morgan fingerprint density at radius 2 is 1.37 bits per heavy atom. The second-order valence-corrected chi connectivity index (χ2v) is 9.17. The van der Waals surface area contributed by atoms with Gasteiger partial charge >= 0.3 is 5.97 Å². The molecule has 0 amide bonds. The highest BCUT2D eigenvalue weighted by molar-refractivity contribution is 6.32. The van der Waals surface area contributed by atoms with Crippen molar-refractivity contribution in [1.29, 1.82) is 0 Å². The zero-order chi connectivity index (χ0) is 26.3. The van der Waals surface area contributed by atoms with Gasteiger partial charge in [0.05, 0.1) is 30.1 Å². The van der Waals surface area contributed by atoms with E-state index < -0.39 is 5.97 Å². The first-order chi connectivity index (χ1) is 18.6. The van der Waals surface area contributed by atoms with Gasteiger partial charge in [0.2, 0.25) is 0 Å². The van der Waals surface area contributed by atoms with Crippen molar-refractivity contribution < 1.29 is 23.5 Å². The van der Waals surface area contributed by atoms with Crippen molar-refractivity contribution >= 4 is 23.1 Å². The van der Waals surface area contributed by atoms with Crippen molar-refractivity contribution in [2.45, 2.75) is 12.8 Å². The van der Waals surface area contributed by atoms with Gasteiger partial charge in [-0.25, -0.2) is 0 Å². The fourth-order valence-corrected chi connectivity index (χ4v) is 4.48. The first kappa shape index (κ1) is 25.2. The van der Waals surface area contributed by atoms with Crippen molar-refractivity contribution in [2.75, 3.05) is 6.61 Å². The monoisotopic (exact) mass is 524 g/mol. The van der Waals surface area contributed by atoms with Crippen LogP contribution >= 0.6 is 11.6 Å². The Morgan fingerprint density at radius 1 is 0.789 bits per heavy atom. The maximum absolute atomic E-state index is 10.8. The molecule has 2 heterocycles. The average Bonchev–Trinajstić information content (AvgIpc) is 3.67. The molecule has 0 atom stereocenters. The Hall–Kier alpha value is -4.48. The molecule has 0 unspecified atom stereocenters. The van der Waals surface area contributed by atoms with Crippen LogP contribution in [0.15, 0.2) is 119 Å². The molecule has 0 aliphatic carbocycles. The van der Waals surface area contributed by atoms with Crippen LogP contribution in [-0.2, 0) is 11.2 Å². The Morgan fingerprint density at radius 3 is 1.84 bits per heavy atom. The average molecular weight is 525 g/mol. The molecule has 0 saturated carbocycles. The van der Waals surface area contributed by atoms with Crippen LogP contribution in [0.1, 0.15) is 23.1 Å². The van der Waals surface area contributed by atoms with E-state index in [2.05, 4.69) is 48.5 Å². The van der Waals surface area contributed by atoms with Gasteiger partial charge in [0.1, 0.15) is 12.4 Å². The van der Waals surface area contributed by atoms with Crippen molar-refractivity contribution in [3.05, 3.63) is 132 Å². The molecule has 0 aliphatic rings. The van der Waals surface area contributed by atoms with E-state index in [-0.39, 0.29) is 6.42 Å². The number of hydrogen-bond donors (Lipinski definition) is 1. The number of carboxylic acid groups (broad SMARTS) is 1. The number of benzene rings is 3. The van der Waals surface area contributed by atoms with Crippen LogP contribution in [0.2, 0.25) is 5.02 Å². The summed E-state index contributed by atoms with van der Waals surface area (Å²) in [6.07, 6.45) is 9.29. The van der Waals surface area contributed by atoms with Crippen LogP contribution in [0.4, 0.5) is 0 Å². The summed E-state index contributed by atoms with van der Waals surface area (Å²) in [7, 11) is 0. The highest BCUT2D eigenvalue weighted by Crippen LogP contribution is 2.30. The zero-order valence-electron chi connectivity index (χ0n) is 20.5. The quantitative estimate of drug-likeness (QED) is 0.198. The number of rotatable bonds is 10. The molecule has 0 saturated heterocycles. The Balaban J connectivity index is 1.39. The van der Waals surface area contributed by atoms with Gasteiger partial charge in [-0.05, 0) is 70.2 Å². The Bertz CT molecular complexity index is 1430. The molecule has 0 fully saturated rings. The smallest absolute Gasteiger partial charge is 0.303 e. The second-order valence-electron chi connectivity index (χ2n) is 8.77. The molecule has 5 nitrogen and oxygen atoms in total. The third-order valence-electron chi connectivity index (χ3n) is 6.25. The molecular weight excluding hydrogens is 500 g/mol. The van der Waals surface area contributed by atoms with E-state index in [1.807, 2.05) is 24.3 Å². The van der Waals surface area contributed by atoms with Crippen LogP contribution in [0.5, 0.6) is 5.75 Å². The minimum Gasteiger partial charge on any atom is -0.488 e. The third-order valence-corrected chi connectivity index (χ3v) is 6.55. The fraction of sp³-hybridized carbons (Fsp3) is 0.0938. The van der Waals surface area contributed by atoms with Gasteiger partial charge in [0.15, 0.2) is 0 Å². The highest BCUT2D eigenvalue weighted by atomic mass is 35.5. The van der Waals surface area contributed by atoms with Crippen LogP contribution in [0.3, 0.4) is 0 Å². The van der Waals surface area contributed by atoms with Gasteiger partial charge in [-0.15, -0.1) is 0 Å². The van der Waals surface area contributed by atoms with Gasteiger partial charge in [-0.2, -0.15) is 0 Å². The predicted octanol–water partition coefficient (Wildman–Crippen LogP) is 8.39. The molecule has 190 valence electrons. The number of aryl methyl sites for hydroxylation is 1. The summed E-state index contributed by atoms with van der Waals surface area (Å²) in [5.41, 5.74) is 8.17. The summed E-state index contributed by atoms with van der Waals surface area (Å²) < 4.78 is 16.5. The fourth-order valence-electron chi connectivity index (χ4n) is 4.23. The van der Waals surface area contributed by atoms with E-state index >= 15 is 0 Å². The van der Waals surface area contributed by atoms with Crippen molar-refractivity contribution in [2.24, 2.45) is 0 Å². The molecule has 2 aromatic heterocycles. The minimum absolute atomic E-state index is 0.0569. The molecule has 6 heteroatoms. The van der Waals surface area contributed by atoms with Crippen molar-refractivity contribution in [3.8, 4) is 28.0 Å². The maximum atomic E-state index is 10.8. The summed E-state index contributed by atoms with van der Waals surface area (Å²) >= 11 is 6.42. The lowest BCUT2D eigenvalue weighted by molar-refractivity contribution is -0.136. The summed E-state index contributed by atoms with van der Waals surface area (Å²) in [6, 6.07) is 25.9. The lowest BCUT2D eigenvalue weighted by Crippen LogP contribution is -1.99. The molecule has 0 bridgehead atoms. The predicted molar refractivity (Wildman–Crippen MR) is 148 cm³/mol. The minimum atomic E-state index is -0.838. The first-order valence-corrected chi connectivity index (χ1v) is 12.5. The maximum Gasteiger partial charge on any atom is 0.303 e. The number of ether oxygens (including phenoxy) is 1. The third kappa shape index (κ3) is 6.07. The van der Waals surface area contributed by atoms with Gasteiger partial charge in [0.25, 0.3) is 0 Å². The molecule has 1 N–H and O–H groups in total. The van der Waals surface area contributed by atoms with Crippen LogP contribution in [0.25, 0.3) is 27.8 Å². The molecule has 0 spiro atoms. The number of halogens is 1. The molecule has 5 aromatic rings. The lowest BCUT2D eigenvalue weighted by atomic mass is 9.94. The van der Waals surface area contributed by atoms with Crippen molar-refractivity contribution in [1.82, 2.24) is 0 Å². The molecule has 5 rings (SSSR count). The molecule has 0 radical (unpaired) electrons. The molecule has 38 heavy (non-hydrogen) atoms. The normalized spacial score (nSPS) is 10.8. The second kappa shape index (κ2) is 11.7. The highest BCUT2D eigenvalue weighted by Gasteiger charge is 2.10. The van der Waals surface area contributed by atoms with Crippen LogP contribution < -0.4 is 4.74 Å². The number of aliphatic carboxylic acids is 1. The van der Waals surface area contributed by atoms with E-state index in [9.17, 15) is 4.79 Å². The number of furan rings is 2. The largest absolute Gasteiger partial charge is 0.488 e. The molecular formula is C32H25ClO5. The summed E-state index contributed by atoms with van der Waals surface area (Å²) in [5.74, 6) is -0.290. The van der Waals surface area contributed by atoms with E-state index in [1.54, 1.807) is 37.2 Å². The van der Waals surface area contributed by atoms with E-state index in [0.29, 0.717) is 23.8 Å². The lowest BCUT2D eigenvalue weighted by Gasteiger charge is -2.12. The Kier molecular flexibility index (Phi) is 7.76. The molecule has 0 aliphatic heterocycles. The number of carbonyl (C=O) groups is 1. The van der Waals surface area contributed by atoms with E-state index in [4.69, 9.17) is 30.3 Å². The summed E-state index contributed by atoms with van der Waals surface area (Å²) in [6.45, 7) is 0.302. The van der Waals surface area contributed by atoms with Crippen molar-refractivity contribution in [3.63, 3.8) is 0 Å². The van der Waals surface area contributed by atoms with E-state index in [0.717, 1.165) is 44.5 Å². The van der Waals surface area contributed by atoms with Gasteiger partial charge in [-0.1, -0.05) is 66.2 Å².